The van der Waals surface area contributed by atoms with Gasteiger partial charge in [0.05, 0.1) is 20.5 Å². The minimum absolute atomic E-state index is 0.241. The Bertz CT molecular complexity index is 274. The Morgan fingerprint density at radius 2 is 1.47 bits per heavy atom. The summed E-state index contributed by atoms with van der Waals surface area (Å²) in [6.45, 7) is 4.93. The molecule has 0 saturated heterocycles. The number of methoxy groups -OCH3 is 2. The molecule has 0 saturated carbocycles. The van der Waals surface area contributed by atoms with Gasteiger partial charge in [-0.2, -0.15) is 0 Å². The van der Waals surface area contributed by atoms with Crippen molar-refractivity contribution < 1.29 is 28.6 Å². The van der Waals surface area contributed by atoms with Crippen LogP contribution < -0.4 is 0 Å². The highest BCUT2D eigenvalue weighted by Crippen LogP contribution is 1.81. The van der Waals surface area contributed by atoms with Gasteiger partial charge in [0.25, 0.3) is 0 Å². The molecule has 0 aliphatic heterocycles. The number of esters is 3. The summed E-state index contributed by atoms with van der Waals surface area (Å²) in [4.78, 5) is 30.7. The summed E-state index contributed by atoms with van der Waals surface area (Å²) in [6.07, 6.45) is 3.52. The van der Waals surface area contributed by atoms with Crippen LogP contribution in [0.5, 0.6) is 0 Å². The van der Waals surface area contributed by atoms with Crippen LogP contribution in [0.4, 0.5) is 0 Å². The Morgan fingerprint density at radius 3 is 1.65 bits per heavy atom. The average Bonchev–Trinajstić information content (AvgIpc) is 2.36. The van der Waals surface area contributed by atoms with Gasteiger partial charge in [0.2, 0.25) is 0 Å². The highest BCUT2D eigenvalue weighted by molar-refractivity contribution is 5.91. The maximum Gasteiger partial charge on any atom is 0.330 e. The largest absolute Gasteiger partial charge is 0.466 e. The predicted octanol–water partition coefficient (Wildman–Crippen LogP) is 0.972. The molecule has 0 aromatic carbocycles. The van der Waals surface area contributed by atoms with Crippen molar-refractivity contribution >= 4 is 17.9 Å². The molecule has 0 bridgehead atoms. The average molecular weight is 244 g/mol. The van der Waals surface area contributed by atoms with E-state index in [1.54, 1.807) is 6.92 Å². The van der Waals surface area contributed by atoms with Crippen LogP contribution in [0, 0.1) is 0 Å². The molecule has 0 radical (unpaired) electrons. The molecule has 0 N–H and O–H groups in total. The molecule has 0 aromatic heterocycles. The van der Waals surface area contributed by atoms with Gasteiger partial charge in [-0.1, -0.05) is 13.5 Å². The SMILES string of the molecule is C=COC(=O)CC.COC(=O)/C=C\C(=O)OC. The summed E-state index contributed by atoms with van der Waals surface area (Å²) in [5, 5.41) is 0. The topological polar surface area (TPSA) is 78.9 Å². The van der Waals surface area contributed by atoms with Crippen molar-refractivity contribution in [3.05, 3.63) is 25.0 Å². The minimum Gasteiger partial charge on any atom is -0.466 e. The van der Waals surface area contributed by atoms with Crippen molar-refractivity contribution in [2.75, 3.05) is 14.2 Å². The number of carbonyl (C=O) groups excluding carboxylic acids is 3. The first-order valence-electron chi connectivity index (χ1n) is 4.66. The number of carbonyl (C=O) groups is 3. The molecule has 0 aliphatic carbocycles. The molecule has 0 spiro atoms. The summed E-state index contributed by atoms with van der Waals surface area (Å²) < 4.78 is 12.7. The second-order valence-corrected chi connectivity index (χ2v) is 2.39. The molecule has 96 valence electrons. The van der Waals surface area contributed by atoms with E-state index in [1.165, 1.54) is 14.2 Å². The van der Waals surface area contributed by atoms with Crippen LogP contribution in [-0.4, -0.2) is 32.1 Å². The monoisotopic (exact) mass is 244 g/mol. The van der Waals surface area contributed by atoms with Crippen LogP contribution in [-0.2, 0) is 28.6 Å². The smallest absolute Gasteiger partial charge is 0.330 e. The van der Waals surface area contributed by atoms with Crippen LogP contribution in [0.25, 0.3) is 0 Å². The lowest BCUT2D eigenvalue weighted by Gasteiger charge is -1.89. The molecule has 0 rings (SSSR count). The van der Waals surface area contributed by atoms with Gasteiger partial charge in [-0.25, -0.2) is 9.59 Å². The highest BCUT2D eigenvalue weighted by atomic mass is 16.5. The first kappa shape index (κ1) is 17.3. The van der Waals surface area contributed by atoms with Crippen LogP contribution in [0.1, 0.15) is 13.3 Å². The van der Waals surface area contributed by atoms with E-state index in [0.717, 1.165) is 18.4 Å². The molecule has 6 heteroatoms. The first-order valence-corrected chi connectivity index (χ1v) is 4.66. The van der Waals surface area contributed by atoms with E-state index < -0.39 is 11.9 Å². The zero-order valence-corrected chi connectivity index (χ0v) is 10.1. The van der Waals surface area contributed by atoms with Crippen molar-refractivity contribution in [2.45, 2.75) is 13.3 Å². The third-order valence-electron chi connectivity index (χ3n) is 1.26. The van der Waals surface area contributed by atoms with Crippen LogP contribution in [0.2, 0.25) is 0 Å². The highest BCUT2D eigenvalue weighted by Gasteiger charge is 1.94. The molecule has 0 heterocycles. The number of ether oxygens (including phenoxy) is 3. The maximum absolute atomic E-state index is 10.3. The third kappa shape index (κ3) is 13.9. The van der Waals surface area contributed by atoms with E-state index in [9.17, 15) is 14.4 Å². The maximum atomic E-state index is 10.3. The van der Waals surface area contributed by atoms with Crippen molar-refractivity contribution in [2.24, 2.45) is 0 Å². The Morgan fingerprint density at radius 1 is 1.06 bits per heavy atom. The standard InChI is InChI=1S/C6H8O4.C5H8O2/c1-9-5(7)3-4-6(8)10-2;1-3-5(6)7-4-2/h3-4H,1-2H3;4H,2-3H2,1H3/b4-3-;. The number of rotatable bonds is 4. The lowest BCUT2D eigenvalue weighted by molar-refractivity contribution is -0.137. The summed E-state index contributed by atoms with van der Waals surface area (Å²) in [6, 6.07) is 0. The van der Waals surface area contributed by atoms with Gasteiger partial charge in [-0.3, -0.25) is 4.79 Å². The molecule has 6 nitrogen and oxygen atoms in total. The fourth-order valence-corrected chi connectivity index (χ4v) is 0.448. The summed E-state index contributed by atoms with van der Waals surface area (Å²) in [5.74, 6) is -1.40. The second-order valence-electron chi connectivity index (χ2n) is 2.39. The van der Waals surface area contributed by atoms with E-state index in [2.05, 4.69) is 20.8 Å². The summed E-state index contributed by atoms with van der Waals surface area (Å²) >= 11 is 0. The Labute approximate surface area is 99.8 Å². The van der Waals surface area contributed by atoms with Crippen LogP contribution >= 0.6 is 0 Å². The van der Waals surface area contributed by atoms with Gasteiger partial charge >= 0.3 is 17.9 Å². The molecule has 17 heavy (non-hydrogen) atoms. The Hall–Kier alpha value is -2.11. The quantitative estimate of drug-likeness (QED) is 0.317. The normalized spacial score (nSPS) is 8.65. The number of hydrogen-bond donors (Lipinski definition) is 0. The first-order chi connectivity index (χ1) is 8.01. The van der Waals surface area contributed by atoms with Crippen LogP contribution in [0.15, 0.2) is 25.0 Å². The fourth-order valence-electron chi connectivity index (χ4n) is 0.448. The summed E-state index contributed by atoms with van der Waals surface area (Å²) in [7, 11) is 2.45. The molecular weight excluding hydrogens is 228 g/mol. The molecule has 0 fully saturated rings. The molecule has 0 unspecified atom stereocenters. The van der Waals surface area contributed by atoms with E-state index in [-0.39, 0.29) is 5.97 Å². The van der Waals surface area contributed by atoms with Gasteiger partial charge in [0, 0.05) is 18.6 Å². The zero-order valence-electron chi connectivity index (χ0n) is 10.1. The molecule has 0 amide bonds. The predicted molar refractivity (Wildman–Crippen MR) is 59.8 cm³/mol. The van der Waals surface area contributed by atoms with Crippen LogP contribution in [0.3, 0.4) is 0 Å². The van der Waals surface area contributed by atoms with Gasteiger partial charge in [-0.05, 0) is 0 Å². The Kier molecular flexibility index (Phi) is 12.2. The molecule has 0 atom stereocenters. The van der Waals surface area contributed by atoms with E-state index in [1.807, 2.05) is 0 Å². The van der Waals surface area contributed by atoms with Gasteiger partial charge in [-0.15, -0.1) is 0 Å². The van der Waals surface area contributed by atoms with Gasteiger partial charge in [0.15, 0.2) is 0 Å². The van der Waals surface area contributed by atoms with Gasteiger partial charge in [0.1, 0.15) is 0 Å². The van der Waals surface area contributed by atoms with Crippen molar-refractivity contribution in [3.8, 4) is 0 Å². The fraction of sp³-hybridized carbons (Fsp3) is 0.364. The molecule has 0 aromatic rings. The third-order valence-corrected chi connectivity index (χ3v) is 1.26. The van der Waals surface area contributed by atoms with Crippen molar-refractivity contribution in [1.82, 2.24) is 0 Å². The molecular formula is C11H16O6. The number of hydrogen-bond acceptors (Lipinski definition) is 6. The second kappa shape index (κ2) is 12.0. The van der Waals surface area contributed by atoms with Crippen molar-refractivity contribution in [3.63, 3.8) is 0 Å². The van der Waals surface area contributed by atoms with E-state index in [0.29, 0.717) is 6.42 Å². The lowest BCUT2D eigenvalue weighted by atomic mass is 10.5. The lowest BCUT2D eigenvalue weighted by Crippen LogP contribution is -1.98. The Balaban J connectivity index is 0. The molecule has 0 aliphatic rings. The summed E-state index contributed by atoms with van der Waals surface area (Å²) in [5.41, 5.74) is 0. The van der Waals surface area contributed by atoms with Crippen molar-refractivity contribution in [1.29, 1.82) is 0 Å². The minimum atomic E-state index is -0.578. The zero-order chi connectivity index (χ0) is 13.7. The van der Waals surface area contributed by atoms with Gasteiger partial charge < -0.3 is 14.2 Å². The van der Waals surface area contributed by atoms with E-state index >= 15 is 0 Å². The van der Waals surface area contributed by atoms with E-state index in [4.69, 9.17) is 0 Å².